The Kier molecular flexibility index (Phi) is 3.22. The average Bonchev–Trinajstić information content (AvgIpc) is 2.51. The first-order chi connectivity index (χ1) is 6.74. The summed E-state index contributed by atoms with van der Waals surface area (Å²) >= 11 is 0. The van der Waals surface area contributed by atoms with Gasteiger partial charge in [0.2, 0.25) is 0 Å². The van der Waals surface area contributed by atoms with Crippen molar-refractivity contribution in [1.29, 1.82) is 0 Å². The van der Waals surface area contributed by atoms with Gasteiger partial charge in [-0.1, -0.05) is 19.8 Å². The Balaban J connectivity index is 1.76. The maximum absolute atomic E-state index is 11.1. The van der Waals surface area contributed by atoms with Gasteiger partial charge < -0.3 is 0 Å². The highest BCUT2D eigenvalue weighted by Gasteiger charge is 2.25. The van der Waals surface area contributed by atoms with E-state index in [4.69, 9.17) is 0 Å². The summed E-state index contributed by atoms with van der Waals surface area (Å²) in [5, 5.41) is 0. The lowest BCUT2D eigenvalue weighted by atomic mass is 9.82. The molecule has 2 unspecified atom stereocenters. The summed E-state index contributed by atoms with van der Waals surface area (Å²) < 4.78 is 0. The number of hydrogen-bond donors (Lipinski definition) is 0. The molecular formula is C12H21NO. The summed E-state index contributed by atoms with van der Waals surface area (Å²) in [5.41, 5.74) is 0. The van der Waals surface area contributed by atoms with Crippen molar-refractivity contribution in [2.24, 2.45) is 11.8 Å². The predicted molar refractivity (Wildman–Crippen MR) is 57.2 cm³/mol. The largest absolute Gasteiger partial charge is 0.298 e. The fourth-order valence-corrected chi connectivity index (χ4v) is 2.94. The van der Waals surface area contributed by atoms with E-state index in [1.165, 1.54) is 32.2 Å². The quantitative estimate of drug-likeness (QED) is 0.672. The van der Waals surface area contributed by atoms with E-state index in [1.54, 1.807) is 0 Å². The third-order valence-electron chi connectivity index (χ3n) is 3.67. The molecule has 14 heavy (non-hydrogen) atoms. The molecule has 1 heterocycles. The minimum atomic E-state index is 0.439. The van der Waals surface area contributed by atoms with Crippen LogP contribution < -0.4 is 0 Å². The number of rotatable bonds is 2. The van der Waals surface area contributed by atoms with Crippen LogP contribution in [0, 0.1) is 11.8 Å². The normalized spacial score (nSPS) is 35.1. The smallest absolute Gasteiger partial charge is 0.148 e. The zero-order valence-corrected chi connectivity index (χ0v) is 9.17. The van der Waals surface area contributed by atoms with Gasteiger partial charge in [0.15, 0.2) is 0 Å². The Morgan fingerprint density at radius 1 is 1.43 bits per heavy atom. The molecule has 0 amide bonds. The van der Waals surface area contributed by atoms with E-state index in [1.807, 2.05) is 0 Å². The number of carbonyl (C=O) groups is 1. The third-order valence-corrected chi connectivity index (χ3v) is 3.67. The van der Waals surface area contributed by atoms with Crippen LogP contribution >= 0.6 is 0 Å². The van der Waals surface area contributed by atoms with Gasteiger partial charge in [-0.2, -0.15) is 0 Å². The Hall–Kier alpha value is -0.370. The van der Waals surface area contributed by atoms with Gasteiger partial charge in [-0.15, -0.1) is 0 Å². The first kappa shape index (κ1) is 10.2. The fourth-order valence-electron chi connectivity index (χ4n) is 2.94. The number of hydrogen-bond acceptors (Lipinski definition) is 2. The van der Waals surface area contributed by atoms with Crippen LogP contribution in [-0.4, -0.2) is 30.3 Å². The van der Waals surface area contributed by atoms with Crippen molar-refractivity contribution in [2.45, 2.75) is 39.0 Å². The molecular weight excluding hydrogens is 174 g/mol. The first-order valence-corrected chi connectivity index (χ1v) is 5.98. The molecule has 80 valence electrons. The molecule has 0 N–H and O–H groups in total. The molecule has 0 bridgehead atoms. The minimum Gasteiger partial charge on any atom is -0.298 e. The predicted octanol–water partition coefficient (Wildman–Crippen LogP) is 2.09. The second kappa shape index (κ2) is 4.43. The molecule has 2 atom stereocenters. The van der Waals surface area contributed by atoms with Gasteiger partial charge in [-0.05, 0) is 24.7 Å². The van der Waals surface area contributed by atoms with Gasteiger partial charge in [0.25, 0.3) is 0 Å². The summed E-state index contributed by atoms with van der Waals surface area (Å²) in [6.45, 7) is 5.28. The summed E-state index contributed by atoms with van der Waals surface area (Å²) in [4.78, 5) is 13.5. The molecule has 2 heteroatoms. The van der Waals surface area contributed by atoms with Crippen LogP contribution in [0.5, 0.6) is 0 Å². The minimum absolute atomic E-state index is 0.439. The molecule has 2 aliphatic rings. The van der Waals surface area contributed by atoms with E-state index in [0.29, 0.717) is 5.78 Å². The van der Waals surface area contributed by atoms with Crippen molar-refractivity contribution in [3.63, 3.8) is 0 Å². The van der Waals surface area contributed by atoms with Crippen molar-refractivity contribution < 1.29 is 4.79 Å². The molecule has 2 nitrogen and oxygen atoms in total. The highest BCUT2D eigenvalue weighted by molar-refractivity contribution is 5.82. The van der Waals surface area contributed by atoms with Gasteiger partial charge in [0, 0.05) is 19.5 Å². The topological polar surface area (TPSA) is 20.3 Å². The Labute approximate surface area is 86.7 Å². The van der Waals surface area contributed by atoms with Crippen molar-refractivity contribution in [3.05, 3.63) is 0 Å². The molecule has 2 rings (SSSR count). The summed E-state index contributed by atoms with van der Waals surface area (Å²) in [6.07, 6.45) is 6.37. The molecule has 0 aromatic rings. The van der Waals surface area contributed by atoms with Gasteiger partial charge in [0.1, 0.15) is 5.78 Å². The first-order valence-electron chi connectivity index (χ1n) is 5.98. The summed E-state index contributed by atoms with van der Waals surface area (Å²) in [5.74, 6) is 2.21. The highest BCUT2D eigenvalue weighted by atomic mass is 16.1. The molecule has 1 saturated heterocycles. The summed E-state index contributed by atoms with van der Waals surface area (Å²) in [7, 11) is 0. The van der Waals surface area contributed by atoms with Crippen LogP contribution in [0.15, 0.2) is 0 Å². The van der Waals surface area contributed by atoms with Crippen LogP contribution in [0.2, 0.25) is 0 Å². The van der Waals surface area contributed by atoms with Gasteiger partial charge >= 0.3 is 0 Å². The van der Waals surface area contributed by atoms with E-state index < -0.39 is 0 Å². The lowest BCUT2D eigenvalue weighted by molar-refractivity contribution is -0.116. The van der Waals surface area contributed by atoms with E-state index in [-0.39, 0.29) is 0 Å². The van der Waals surface area contributed by atoms with Crippen molar-refractivity contribution >= 4 is 5.78 Å². The van der Waals surface area contributed by atoms with Crippen molar-refractivity contribution in [2.75, 3.05) is 19.6 Å². The molecule has 0 aromatic carbocycles. The molecule has 2 fully saturated rings. The molecule has 0 aromatic heterocycles. The molecule has 1 aliphatic carbocycles. The second-order valence-electron chi connectivity index (χ2n) is 5.16. The number of Topliss-reactive ketones (excluding diaryl/α,β-unsaturated/α-hetero) is 1. The van der Waals surface area contributed by atoms with E-state index in [2.05, 4.69) is 11.8 Å². The number of ketones is 1. The molecule has 1 saturated carbocycles. The number of likely N-dealkylation sites (tertiary alicyclic amines) is 1. The number of nitrogens with zero attached hydrogens (tertiary/aromatic N) is 1. The Morgan fingerprint density at radius 3 is 2.93 bits per heavy atom. The Bertz CT molecular complexity index is 214. The van der Waals surface area contributed by atoms with E-state index in [0.717, 1.165) is 31.3 Å². The maximum atomic E-state index is 11.1. The zero-order valence-electron chi connectivity index (χ0n) is 9.17. The van der Waals surface area contributed by atoms with Crippen LogP contribution in [0.4, 0.5) is 0 Å². The van der Waals surface area contributed by atoms with Crippen LogP contribution in [-0.2, 0) is 4.79 Å². The van der Waals surface area contributed by atoms with Gasteiger partial charge in [-0.25, -0.2) is 0 Å². The monoisotopic (exact) mass is 195 g/mol. The maximum Gasteiger partial charge on any atom is 0.148 e. The SMILES string of the molecule is CC1CCCC(CN2CCC(=O)C2)C1. The van der Waals surface area contributed by atoms with Crippen LogP contribution in [0.3, 0.4) is 0 Å². The van der Waals surface area contributed by atoms with Gasteiger partial charge in [-0.3, -0.25) is 9.69 Å². The third kappa shape index (κ3) is 2.57. The summed E-state index contributed by atoms with van der Waals surface area (Å²) in [6, 6.07) is 0. The van der Waals surface area contributed by atoms with Crippen LogP contribution in [0.1, 0.15) is 39.0 Å². The Morgan fingerprint density at radius 2 is 2.29 bits per heavy atom. The number of carbonyl (C=O) groups excluding carboxylic acids is 1. The standard InChI is InChI=1S/C12H21NO/c1-10-3-2-4-11(7-10)8-13-6-5-12(14)9-13/h10-11H,2-9H2,1H3. The van der Waals surface area contributed by atoms with Gasteiger partial charge in [0.05, 0.1) is 6.54 Å². The zero-order chi connectivity index (χ0) is 9.97. The molecule has 0 spiro atoms. The molecule has 1 aliphatic heterocycles. The van der Waals surface area contributed by atoms with E-state index >= 15 is 0 Å². The van der Waals surface area contributed by atoms with Crippen molar-refractivity contribution in [1.82, 2.24) is 4.90 Å². The highest BCUT2D eigenvalue weighted by Crippen LogP contribution is 2.29. The lowest BCUT2D eigenvalue weighted by Gasteiger charge is -2.29. The second-order valence-corrected chi connectivity index (χ2v) is 5.16. The van der Waals surface area contributed by atoms with E-state index in [9.17, 15) is 4.79 Å². The molecule has 0 radical (unpaired) electrons. The van der Waals surface area contributed by atoms with Crippen LogP contribution in [0.25, 0.3) is 0 Å². The lowest BCUT2D eigenvalue weighted by Crippen LogP contribution is -2.30. The average molecular weight is 195 g/mol. The van der Waals surface area contributed by atoms with Crippen molar-refractivity contribution in [3.8, 4) is 0 Å². The fraction of sp³-hybridized carbons (Fsp3) is 0.917.